The van der Waals surface area contributed by atoms with Crippen molar-refractivity contribution in [2.24, 2.45) is 0 Å². The first-order chi connectivity index (χ1) is 15.1. The summed E-state index contributed by atoms with van der Waals surface area (Å²) < 4.78 is 65.7. The molecule has 4 nitrogen and oxygen atoms in total. The van der Waals surface area contributed by atoms with Crippen molar-refractivity contribution < 1.29 is 21.6 Å². The number of aryl methyl sites for hydroxylation is 1. The van der Waals surface area contributed by atoms with E-state index < -0.39 is 21.6 Å². The van der Waals surface area contributed by atoms with E-state index in [1.807, 2.05) is 30.3 Å². The van der Waals surface area contributed by atoms with E-state index in [-0.39, 0.29) is 28.0 Å². The molecule has 3 aromatic carbocycles. The summed E-state index contributed by atoms with van der Waals surface area (Å²) in [5.41, 5.74) is 1.37. The van der Waals surface area contributed by atoms with Gasteiger partial charge in [-0.2, -0.15) is 13.2 Å². The van der Waals surface area contributed by atoms with E-state index in [0.717, 1.165) is 17.9 Å². The van der Waals surface area contributed by atoms with Gasteiger partial charge in [-0.15, -0.1) is 0 Å². The van der Waals surface area contributed by atoms with Gasteiger partial charge in [0.1, 0.15) is 5.52 Å². The molecule has 1 heterocycles. The fourth-order valence-corrected chi connectivity index (χ4v) is 4.54. The summed E-state index contributed by atoms with van der Waals surface area (Å²) >= 11 is 0. The molecule has 0 saturated carbocycles. The molecule has 0 spiro atoms. The van der Waals surface area contributed by atoms with Crippen LogP contribution in [0.4, 0.5) is 13.2 Å². The normalized spacial score (nSPS) is 12.3. The summed E-state index contributed by atoms with van der Waals surface area (Å²) in [5.74, 6) is 0. The number of aromatic nitrogens is 2. The molecule has 32 heavy (non-hydrogen) atoms. The highest BCUT2D eigenvalue weighted by atomic mass is 32.2. The van der Waals surface area contributed by atoms with Crippen LogP contribution in [0, 0.1) is 0 Å². The summed E-state index contributed by atoms with van der Waals surface area (Å²) in [7, 11) is -3.67. The lowest BCUT2D eigenvalue weighted by atomic mass is 10.0. The Kier molecular flexibility index (Phi) is 5.50. The zero-order valence-corrected chi connectivity index (χ0v) is 18.1. The van der Waals surface area contributed by atoms with E-state index in [1.54, 1.807) is 25.1 Å². The number of hydrogen-bond donors (Lipinski definition) is 0. The van der Waals surface area contributed by atoms with Crippen molar-refractivity contribution in [3.63, 3.8) is 0 Å². The van der Waals surface area contributed by atoms with Gasteiger partial charge in [-0.3, -0.25) is 0 Å². The van der Waals surface area contributed by atoms with Crippen molar-refractivity contribution >= 4 is 20.9 Å². The molecule has 0 amide bonds. The molecule has 1 aromatic heterocycles. The maximum absolute atomic E-state index is 13.5. The average molecular weight is 456 g/mol. The number of sulfone groups is 1. The van der Waals surface area contributed by atoms with Crippen LogP contribution in [0.5, 0.6) is 0 Å². The molecule has 0 saturated heterocycles. The Bertz CT molecular complexity index is 1420. The number of nitrogens with zero attached hydrogens (tertiary/aromatic N) is 2. The second kappa shape index (κ2) is 8.02. The Hall–Kier alpha value is -3.26. The SMILES string of the molecule is CCc1nc2c(C(F)(F)F)cccc2nc1-c1ccc(-c2ccccc2)cc1S(C)(=O)=O. The lowest BCUT2D eigenvalue weighted by Crippen LogP contribution is -2.09. The van der Waals surface area contributed by atoms with Gasteiger partial charge in [-0.25, -0.2) is 18.4 Å². The summed E-state index contributed by atoms with van der Waals surface area (Å²) in [6.45, 7) is 1.74. The van der Waals surface area contributed by atoms with Gasteiger partial charge in [0, 0.05) is 11.8 Å². The Morgan fingerprint density at radius 3 is 2.22 bits per heavy atom. The maximum Gasteiger partial charge on any atom is 0.418 e. The van der Waals surface area contributed by atoms with Gasteiger partial charge in [-0.1, -0.05) is 55.5 Å². The number of benzene rings is 3. The van der Waals surface area contributed by atoms with Crippen molar-refractivity contribution in [3.8, 4) is 22.4 Å². The minimum absolute atomic E-state index is 0.0502. The second-order valence-corrected chi connectivity index (χ2v) is 9.38. The predicted octanol–water partition coefficient (Wildman–Crippen LogP) is 5.95. The standard InChI is InChI=1S/C24H19F3N2O2S/c1-3-19-22(29-20-11-7-10-18(23(20)28-19)24(25,26)27)17-13-12-16(14-21(17)32(2,30)31)15-8-5-4-6-9-15/h4-14H,3H2,1-2H3. The third-order valence-electron chi connectivity index (χ3n) is 5.15. The number of rotatable bonds is 4. The number of hydrogen-bond acceptors (Lipinski definition) is 4. The Labute approximate surface area is 183 Å². The number of fused-ring (bicyclic) bond motifs is 1. The van der Waals surface area contributed by atoms with Crippen LogP contribution in [0.15, 0.2) is 71.6 Å². The molecule has 8 heteroatoms. The maximum atomic E-state index is 13.5. The predicted molar refractivity (Wildman–Crippen MR) is 118 cm³/mol. The third-order valence-corrected chi connectivity index (χ3v) is 6.29. The highest BCUT2D eigenvalue weighted by Gasteiger charge is 2.34. The quantitative estimate of drug-likeness (QED) is 0.381. The zero-order valence-electron chi connectivity index (χ0n) is 17.3. The third kappa shape index (κ3) is 4.10. The van der Waals surface area contributed by atoms with E-state index in [2.05, 4.69) is 9.97 Å². The van der Waals surface area contributed by atoms with Gasteiger partial charge in [-0.05, 0) is 35.7 Å². The lowest BCUT2D eigenvalue weighted by Gasteiger charge is -2.15. The van der Waals surface area contributed by atoms with Gasteiger partial charge in [0.2, 0.25) is 0 Å². The van der Waals surface area contributed by atoms with Gasteiger partial charge in [0.05, 0.1) is 27.4 Å². The number of alkyl halides is 3. The Balaban J connectivity index is 2.00. The molecule has 0 unspecified atom stereocenters. The van der Waals surface area contributed by atoms with E-state index >= 15 is 0 Å². The van der Waals surface area contributed by atoms with Crippen LogP contribution in [0.1, 0.15) is 18.2 Å². The topological polar surface area (TPSA) is 59.9 Å². The second-order valence-electron chi connectivity index (χ2n) is 7.39. The molecule has 0 aliphatic heterocycles. The van der Waals surface area contributed by atoms with Gasteiger partial charge >= 0.3 is 6.18 Å². The van der Waals surface area contributed by atoms with Gasteiger partial charge in [0.25, 0.3) is 0 Å². The van der Waals surface area contributed by atoms with Crippen molar-refractivity contribution in [2.75, 3.05) is 6.26 Å². The van der Waals surface area contributed by atoms with Crippen LogP contribution in [-0.4, -0.2) is 24.6 Å². The minimum Gasteiger partial charge on any atom is -0.248 e. The first-order valence-corrected chi connectivity index (χ1v) is 11.8. The highest BCUT2D eigenvalue weighted by molar-refractivity contribution is 7.90. The molecule has 0 fully saturated rings. The minimum atomic E-state index is -4.57. The van der Waals surface area contributed by atoms with Crippen LogP contribution >= 0.6 is 0 Å². The molecule has 0 atom stereocenters. The van der Waals surface area contributed by atoms with Crippen LogP contribution < -0.4 is 0 Å². The summed E-state index contributed by atoms with van der Waals surface area (Å²) in [4.78, 5) is 8.75. The molecule has 4 rings (SSSR count). The van der Waals surface area contributed by atoms with Crippen molar-refractivity contribution in [2.45, 2.75) is 24.4 Å². The fraction of sp³-hybridized carbons (Fsp3) is 0.167. The molecule has 0 bridgehead atoms. The van der Waals surface area contributed by atoms with Crippen LogP contribution in [-0.2, 0) is 22.4 Å². The highest BCUT2D eigenvalue weighted by Crippen LogP contribution is 2.37. The van der Waals surface area contributed by atoms with Crippen molar-refractivity contribution in [1.82, 2.24) is 9.97 Å². The summed E-state index contributed by atoms with van der Waals surface area (Å²) in [5, 5.41) is 0. The van der Waals surface area contributed by atoms with Gasteiger partial charge < -0.3 is 0 Å². The molecule has 0 radical (unpaired) electrons. The first-order valence-electron chi connectivity index (χ1n) is 9.86. The summed E-state index contributed by atoms with van der Waals surface area (Å²) in [6, 6.07) is 18.0. The molecular formula is C24H19F3N2O2S. The number of halogens is 3. The largest absolute Gasteiger partial charge is 0.418 e. The molecule has 4 aromatic rings. The molecule has 0 aliphatic rings. The zero-order chi connectivity index (χ0) is 23.1. The van der Waals surface area contributed by atoms with E-state index in [4.69, 9.17) is 0 Å². The molecular weight excluding hydrogens is 437 g/mol. The van der Waals surface area contributed by atoms with Crippen LogP contribution in [0.2, 0.25) is 0 Å². The van der Waals surface area contributed by atoms with E-state index in [0.29, 0.717) is 16.8 Å². The van der Waals surface area contributed by atoms with Crippen LogP contribution in [0.3, 0.4) is 0 Å². The molecule has 0 N–H and O–H groups in total. The molecule has 0 aliphatic carbocycles. The number of para-hydroxylation sites is 1. The molecule has 164 valence electrons. The Morgan fingerprint density at radius 2 is 1.59 bits per heavy atom. The van der Waals surface area contributed by atoms with Crippen molar-refractivity contribution in [3.05, 3.63) is 78.0 Å². The monoisotopic (exact) mass is 456 g/mol. The Morgan fingerprint density at radius 1 is 0.875 bits per heavy atom. The van der Waals surface area contributed by atoms with Crippen LogP contribution in [0.25, 0.3) is 33.4 Å². The summed E-state index contributed by atoms with van der Waals surface area (Å²) in [6.07, 6.45) is -3.19. The van der Waals surface area contributed by atoms with Crippen molar-refractivity contribution in [1.29, 1.82) is 0 Å². The first kappa shape index (κ1) is 22.0. The smallest absolute Gasteiger partial charge is 0.248 e. The van der Waals surface area contributed by atoms with E-state index in [1.165, 1.54) is 12.1 Å². The van der Waals surface area contributed by atoms with Gasteiger partial charge in [0.15, 0.2) is 9.84 Å². The van der Waals surface area contributed by atoms with E-state index in [9.17, 15) is 21.6 Å². The average Bonchev–Trinajstić information content (AvgIpc) is 2.76. The fourth-order valence-electron chi connectivity index (χ4n) is 3.64. The lowest BCUT2D eigenvalue weighted by molar-refractivity contribution is -0.136.